The van der Waals surface area contributed by atoms with Crippen LogP contribution in [-0.4, -0.2) is 66.0 Å². The summed E-state index contributed by atoms with van der Waals surface area (Å²) in [6.45, 7) is 12.6. The Hall–Kier alpha value is -0.770. The second kappa shape index (κ2) is 5.04. The highest BCUT2D eigenvalue weighted by molar-refractivity contribution is 5.74. The van der Waals surface area contributed by atoms with Crippen molar-refractivity contribution in [1.82, 2.24) is 14.7 Å². The highest BCUT2D eigenvalue weighted by atomic mass is 16.2. The van der Waals surface area contributed by atoms with Gasteiger partial charge in [0.25, 0.3) is 0 Å². The molecule has 1 heterocycles. The SMILES string of the molecule is CCN(CC)C(=O)N1CCN(C)C(C)(C)C1. The van der Waals surface area contributed by atoms with Gasteiger partial charge in [0.2, 0.25) is 0 Å². The molecule has 1 rings (SSSR count). The van der Waals surface area contributed by atoms with E-state index >= 15 is 0 Å². The Bertz CT molecular complexity index is 249. The van der Waals surface area contributed by atoms with E-state index in [9.17, 15) is 4.79 Å². The summed E-state index contributed by atoms with van der Waals surface area (Å²) in [7, 11) is 2.12. The first-order valence-corrected chi connectivity index (χ1v) is 6.17. The molecule has 4 nitrogen and oxygen atoms in total. The van der Waals surface area contributed by atoms with E-state index in [2.05, 4.69) is 25.8 Å². The molecule has 1 saturated heterocycles. The number of urea groups is 1. The molecule has 4 heteroatoms. The molecular weight excluding hydrogens is 202 g/mol. The quantitative estimate of drug-likeness (QED) is 0.714. The molecule has 1 aliphatic rings. The monoisotopic (exact) mass is 227 g/mol. The van der Waals surface area contributed by atoms with Gasteiger partial charge >= 0.3 is 6.03 Å². The summed E-state index contributed by atoms with van der Waals surface area (Å²) in [6, 6.07) is 0.186. The first-order chi connectivity index (χ1) is 7.42. The highest BCUT2D eigenvalue weighted by Gasteiger charge is 2.34. The van der Waals surface area contributed by atoms with E-state index in [4.69, 9.17) is 0 Å². The van der Waals surface area contributed by atoms with E-state index in [0.717, 1.165) is 32.7 Å². The topological polar surface area (TPSA) is 26.8 Å². The van der Waals surface area contributed by atoms with Crippen molar-refractivity contribution in [3.05, 3.63) is 0 Å². The van der Waals surface area contributed by atoms with Crippen LogP contribution in [0.3, 0.4) is 0 Å². The van der Waals surface area contributed by atoms with Crippen LogP contribution < -0.4 is 0 Å². The summed E-state index contributed by atoms with van der Waals surface area (Å²) < 4.78 is 0. The lowest BCUT2D eigenvalue weighted by atomic mass is 10.00. The second-order valence-electron chi connectivity index (χ2n) is 5.11. The standard InChI is InChI=1S/C12H25N3O/c1-6-14(7-2)11(16)15-9-8-13(5)12(3,4)10-15/h6-10H2,1-5H3. The zero-order valence-corrected chi connectivity index (χ0v) is 11.3. The van der Waals surface area contributed by atoms with E-state index in [0.29, 0.717) is 0 Å². The molecule has 1 aliphatic heterocycles. The van der Waals surface area contributed by atoms with E-state index in [1.165, 1.54) is 0 Å². The Morgan fingerprint density at radius 1 is 1.25 bits per heavy atom. The van der Waals surface area contributed by atoms with Crippen LogP contribution in [0.15, 0.2) is 0 Å². The zero-order valence-electron chi connectivity index (χ0n) is 11.3. The minimum Gasteiger partial charge on any atom is -0.325 e. The van der Waals surface area contributed by atoms with Gasteiger partial charge in [0, 0.05) is 38.3 Å². The number of piperazine rings is 1. The summed E-state index contributed by atoms with van der Waals surface area (Å²) in [4.78, 5) is 18.4. The molecule has 0 aromatic rings. The van der Waals surface area contributed by atoms with Crippen molar-refractivity contribution in [3.63, 3.8) is 0 Å². The molecule has 0 aliphatic carbocycles. The Labute approximate surface area is 99.2 Å². The third-order valence-corrected chi connectivity index (χ3v) is 3.62. The molecule has 0 bridgehead atoms. The average Bonchev–Trinajstić information content (AvgIpc) is 2.23. The van der Waals surface area contributed by atoms with Crippen LogP contribution >= 0.6 is 0 Å². The van der Waals surface area contributed by atoms with Crippen LogP contribution in [0.25, 0.3) is 0 Å². The summed E-state index contributed by atoms with van der Waals surface area (Å²) in [5.74, 6) is 0. The summed E-state index contributed by atoms with van der Waals surface area (Å²) in [5, 5.41) is 0. The Balaban J connectivity index is 2.65. The molecule has 0 N–H and O–H groups in total. The summed E-state index contributed by atoms with van der Waals surface area (Å²) >= 11 is 0. The van der Waals surface area contributed by atoms with Gasteiger partial charge in [0.15, 0.2) is 0 Å². The van der Waals surface area contributed by atoms with Gasteiger partial charge in [0.05, 0.1) is 0 Å². The zero-order chi connectivity index (χ0) is 12.3. The van der Waals surface area contributed by atoms with Crippen molar-refractivity contribution in [1.29, 1.82) is 0 Å². The number of carbonyl (C=O) groups excluding carboxylic acids is 1. The van der Waals surface area contributed by atoms with E-state index in [1.54, 1.807) is 0 Å². The van der Waals surface area contributed by atoms with Crippen LogP contribution in [0.4, 0.5) is 4.79 Å². The Morgan fingerprint density at radius 2 is 1.81 bits per heavy atom. The molecule has 16 heavy (non-hydrogen) atoms. The molecule has 0 saturated carbocycles. The number of likely N-dealkylation sites (N-methyl/N-ethyl adjacent to an activating group) is 1. The van der Waals surface area contributed by atoms with Crippen LogP contribution in [-0.2, 0) is 0 Å². The van der Waals surface area contributed by atoms with E-state index in [1.807, 2.05) is 23.6 Å². The van der Waals surface area contributed by atoms with Gasteiger partial charge < -0.3 is 9.80 Å². The van der Waals surface area contributed by atoms with Crippen LogP contribution in [0, 0.1) is 0 Å². The van der Waals surface area contributed by atoms with Crippen molar-refractivity contribution >= 4 is 6.03 Å². The minimum atomic E-state index is 0.0844. The van der Waals surface area contributed by atoms with E-state index in [-0.39, 0.29) is 11.6 Å². The molecule has 0 aromatic heterocycles. The summed E-state index contributed by atoms with van der Waals surface area (Å²) in [5.41, 5.74) is 0.0844. The van der Waals surface area contributed by atoms with Gasteiger partial charge in [-0.05, 0) is 34.7 Å². The van der Waals surface area contributed by atoms with E-state index < -0.39 is 0 Å². The van der Waals surface area contributed by atoms with Gasteiger partial charge in [-0.25, -0.2) is 4.79 Å². The lowest BCUT2D eigenvalue weighted by Crippen LogP contribution is -2.60. The predicted octanol–water partition coefficient (Wildman–Crippen LogP) is 1.47. The maximum atomic E-state index is 12.2. The first kappa shape index (κ1) is 13.3. The van der Waals surface area contributed by atoms with Gasteiger partial charge in [-0.1, -0.05) is 0 Å². The molecule has 0 spiro atoms. The molecule has 0 atom stereocenters. The fourth-order valence-electron chi connectivity index (χ4n) is 2.10. The van der Waals surface area contributed by atoms with Gasteiger partial charge in [-0.3, -0.25) is 4.90 Å². The van der Waals surface area contributed by atoms with Gasteiger partial charge in [0.1, 0.15) is 0 Å². The fraction of sp³-hybridized carbons (Fsp3) is 0.917. The van der Waals surface area contributed by atoms with Crippen molar-refractivity contribution in [2.24, 2.45) is 0 Å². The van der Waals surface area contributed by atoms with Crippen molar-refractivity contribution < 1.29 is 4.79 Å². The van der Waals surface area contributed by atoms with Crippen molar-refractivity contribution in [3.8, 4) is 0 Å². The van der Waals surface area contributed by atoms with Crippen LogP contribution in [0.1, 0.15) is 27.7 Å². The van der Waals surface area contributed by atoms with Gasteiger partial charge in [-0.15, -0.1) is 0 Å². The third-order valence-electron chi connectivity index (χ3n) is 3.62. The first-order valence-electron chi connectivity index (χ1n) is 6.17. The number of nitrogens with zero attached hydrogens (tertiary/aromatic N) is 3. The molecule has 0 aromatic carbocycles. The van der Waals surface area contributed by atoms with Gasteiger partial charge in [-0.2, -0.15) is 0 Å². The second-order valence-corrected chi connectivity index (χ2v) is 5.11. The number of hydrogen-bond donors (Lipinski definition) is 0. The van der Waals surface area contributed by atoms with Crippen LogP contribution in [0.2, 0.25) is 0 Å². The van der Waals surface area contributed by atoms with Crippen LogP contribution in [0.5, 0.6) is 0 Å². The molecule has 94 valence electrons. The molecule has 1 fully saturated rings. The highest BCUT2D eigenvalue weighted by Crippen LogP contribution is 2.19. The maximum absolute atomic E-state index is 12.2. The molecule has 2 amide bonds. The lowest BCUT2D eigenvalue weighted by molar-refractivity contribution is 0.0467. The number of carbonyl (C=O) groups is 1. The summed E-state index contributed by atoms with van der Waals surface area (Å²) in [6.07, 6.45) is 0. The number of amides is 2. The number of rotatable bonds is 2. The third kappa shape index (κ3) is 2.67. The largest absolute Gasteiger partial charge is 0.325 e. The predicted molar refractivity (Wildman–Crippen MR) is 66.6 cm³/mol. The minimum absolute atomic E-state index is 0.0844. The average molecular weight is 227 g/mol. The smallest absolute Gasteiger partial charge is 0.320 e. The molecule has 0 unspecified atom stereocenters. The van der Waals surface area contributed by atoms with Crippen molar-refractivity contribution in [2.75, 3.05) is 39.8 Å². The van der Waals surface area contributed by atoms with Crippen molar-refractivity contribution in [2.45, 2.75) is 33.2 Å². The molecular formula is C12H25N3O. The lowest BCUT2D eigenvalue weighted by Gasteiger charge is -2.46. The molecule has 0 radical (unpaired) electrons. The Morgan fingerprint density at radius 3 is 2.25 bits per heavy atom. The normalized spacial score (nSPS) is 20.9. The number of hydrogen-bond acceptors (Lipinski definition) is 2. The maximum Gasteiger partial charge on any atom is 0.320 e. The Kier molecular flexibility index (Phi) is 4.19. The fourth-order valence-corrected chi connectivity index (χ4v) is 2.10.